The average molecular weight is 351 g/mol. The Morgan fingerprint density at radius 3 is 2.48 bits per heavy atom. The van der Waals surface area contributed by atoms with Crippen molar-refractivity contribution in [3.8, 4) is 5.75 Å². The van der Waals surface area contributed by atoms with Crippen LogP contribution >= 0.6 is 0 Å². The fraction of sp³-hybridized carbons (Fsp3) is 0.556. The van der Waals surface area contributed by atoms with Crippen LogP contribution in [-0.2, 0) is 20.8 Å². The van der Waals surface area contributed by atoms with Crippen molar-refractivity contribution in [2.75, 3.05) is 40.5 Å². The first-order chi connectivity index (χ1) is 12.2. The fourth-order valence-electron chi connectivity index (χ4n) is 1.99. The Labute approximate surface area is 149 Å². The second-order valence-electron chi connectivity index (χ2n) is 5.24. The molecular weight excluding hydrogens is 322 g/mol. The van der Waals surface area contributed by atoms with Gasteiger partial charge in [-0.1, -0.05) is 12.1 Å². The Balaban J connectivity index is 2.52. The zero-order valence-corrected chi connectivity index (χ0v) is 15.3. The van der Waals surface area contributed by atoms with Crippen molar-refractivity contribution in [1.82, 2.24) is 10.6 Å². The predicted octanol–water partition coefficient (Wildman–Crippen LogP) is 1.72. The van der Waals surface area contributed by atoms with Gasteiger partial charge in [0.2, 0.25) is 0 Å². The van der Waals surface area contributed by atoms with Gasteiger partial charge in [0.25, 0.3) is 0 Å². The van der Waals surface area contributed by atoms with Gasteiger partial charge in [-0.15, -0.1) is 0 Å². The van der Waals surface area contributed by atoms with E-state index in [4.69, 9.17) is 9.47 Å². The highest BCUT2D eigenvalue weighted by molar-refractivity contribution is 5.80. The maximum Gasteiger partial charge on any atom is 0.307 e. The summed E-state index contributed by atoms with van der Waals surface area (Å²) in [6, 6.07) is 7.77. The van der Waals surface area contributed by atoms with E-state index in [0.29, 0.717) is 32.1 Å². The van der Waals surface area contributed by atoms with Crippen molar-refractivity contribution in [1.29, 1.82) is 0 Å². The van der Waals surface area contributed by atoms with E-state index < -0.39 is 0 Å². The molecule has 1 aromatic carbocycles. The highest BCUT2D eigenvalue weighted by Crippen LogP contribution is 2.11. The van der Waals surface area contributed by atoms with Crippen LogP contribution in [0.15, 0.2) is 29.3 Å². The van der Waals surface area contributed by atoms with Crippen LogP contribution < -0.4 is 15.4 Å². The summed E-state index contributed by atoms with van der Waals surface area (Å²) in [6.45, 7) is 5.14. The van der Waals surface area contributed by atoms with Gasteiger partial charge in [-0.25, -0.2) is 4.99 Å². The molecule has 0 saturated heterocycles. The Bertz CT molecular complexity index is 518. The number of nitrogens with one attached hydrogen (secondary N) is 2. The van der Waals surface area contributed by atoms with E-state index in [1.807, 2.05) is 31.2 Å². The molecule has 0 fully saturated rings. The average Bonchev–Trinajstić information content (AvgIpc) is 2.65. The number of esters is 1. The first kappa shape index (κ1) is 20.8. The first-order valence-electron chi connectivity index (χ1n) is 8.49. The minimum Gasteiger partial charge on any atom is -0.497 e. The predicted molar refractivity (Wildman–Crippen MR) is 97.9 cm³/mol. The van der Waals surface area contributed by atoms with Gasteiger partial charge in [-0.2, -0.15) is 0 Å². The number of carbonyl (C=O) groups excluding carboxylic acids is 1. The lowest BCUT2D eigenvalue weighted by atomic mass is 10.2. The zero-order chi connectivity index (χ0) is 18.3. The van der Waals surface area contributed by atoms with Gasteiger partial charge in [0.15, 0.2) is 5.96 Å². The molecular formula is C18H29N3O4. The number of rotatable bonds is 11. The lowest BCUT2D eigenvalue weighted by molar-refractivity contribution is -0.140. The van der Waals surface area contributed by atoms with Crippen molar-refractivity contribution < 1.29 is 19.0 Å². The van der Waals surface area contributed by atoms with Crippen LogP contribution in [0.25, 0.3) is 0 Å². The molecule has 0 amide bonds. The molecule has 0 saturated carbocycles. The van der Waals surface area contributed by atoms with Gasteiger partial charge in [-0.05, 0) is 31.0 Å². The van der Waals surface area contributed by atoms with Crippen molar-refractivity contribution in [2.24, 2.45) is 4.99 Å². The second kappa shape index (κ2) is 13.1. The summed E-state index contributed by atoms with van der Waals surface area (Å²) >= 11 is 0. The summed E-state index contributed by atoms with van der Waals surface area (Å²) in [4.78, 5) is 15.8. The third-order valence-corrected chi connectivity index (χ3v) is 3.39. The Hall–Kier alpha value is -2.28. The Morgan fingerprint density at radius 1 is 1.12 bits per heavy atom. The van der Waals surface area contributed by atoms with Gasteiger partial charge >= 0.3 is 5.97 Å². The SMILES string of the molecule is CCOCCCNC(=NCc1ccc(OC)cc1)NCCC(=O)OC. The molecule has 7 nitrogen and oxygen atoms in total. The molecule has 0 atom stereocenters. The van der Waals surface area contributed by atoms with Gasteiger partial charge in [-0.3, -0.25) is 4.79 Å². The first-order valence-corrected chi connectivity index (χ1v) is 8.49. The van der Waals surface area contributed by atoms with E-state index in [2.05, 4.69) is 20.4 Å². The number of guanidine groups is 1. The largest absolute Gasteiger partial charge is 0.497 e. The van der Waals surface area contributed by atoms with Crippen LogP contribution in [-0.4, -0.2) is 52.5 Å². The molecule has 25 heavy (non-hydrogen) atoms. The quantitative estimate of drug-likeness (QED) is 0.273. The smallest absolute Gasteiger partial charge is 0.307 e. The van der Waals surface area contributed by atoms with Crippen molar-refractivity contribution in [3.63, 3.8) is 0 Å². The van der Waals surface area contributed by atoms with E-state index in [0.717, 1.165) is 30.9 Å². The second-order valence-corrected chi connectivity index (χ2v) is 5.24. The van der Waals surface area contributed by atoms with E-state index >= 15 is 0 Å². The van der Waals surface area contributed by atoms with E-state index in [9.17, 15) is 4.79 Å². The molecule has 140 valence electrons. The molecule has 0 radical (unpaired) electrons. The lowest BCUT2D eigenvalue weighted by Gasteiger charge is -2.12. The molecule has 0 heterocycles. The Morgan fingerprint density at radius 2 is 1.84 bits per heavy atom. The summed E-state index contributed by atoms with van der Waals surface area (Å²) in [5.41, 5.74) is 1.07. The highest BCUT2D eigenvalue weighted by atomic mass is 16.5. The number of hydrogen-bond acceptors (Lipinski definition) is 5. The number of benzene rings is 1. The number of nitrogens with zero attached hydrogens (tertiary/aromatic N) is 1. The molecule has 0 unspecified atom stereocenters. The third-order valence-electron chi connectivity index (χ3n) is 3.39. The Kier molecular flexibility index (Phi) is 10.8. The van der Waals surface area contributed by atoms with Crippen LogP contribution in [0.5, 0.6) is 5.75 Å². The summed E-state index contributed by atoms with van der Waals surface area (Å²) in [7, 11) is 3.02. The van der Waals surface area contributed by atoms with E-state index in [1.54, 1.807) is 7.11 Å². The number of carbonyl (C=O) groups is 1. The van der Waals surface area contributed by atoms with Crippen molar-refractivity contribution in [2.45, 2.75) is 26.3 Å². The molecule has 0 bridgehead atoms. The minimum absolute atomic E-state index is 0.252. The zero-order valence-electron chi connectivity index (χ0n) is 15.3. The van der Waals surface area contributed by atoms with Gasteiger partial charge < -0.3 is 24.8 Å². The summed E-state index contributed by atoms with van der Waals surface area (Å²) in [5, 5.41) is 6.39. The molecule has 0 spiro atoms. The number of methoxy groups -OCH3 is 2. The maximum atomic E-state index is 11.2. The fourth-order valence-corrected chi connectivity index (χ4v) is 1.99. The normalized spacial score (nSPS) is 11.1. The van der Waals surface area contributed by atoms with Crippen LogP contribution in [0.4, 0.5) is 0 Å². The number of hydrogen-bond donors (Lipinski definition) is 2. The molecule has 0 aliphatic heterocycles. The molecule has 0 aliphatic rings. The van der Waals surface area contributed by atoms with Gasteiger partial charge in [0.1, 0.15) is 5.75 Å². The minimum atomic E-state index is -0.252. The van der Waals surface area contributed by atoms with E-state index in [1.165, 1.54) is 7.11 Å². The van der Waals surface area contributed by atoms with Gasteiger partial charge in [0.05, 0.1) is 27.2 Å². The molecule has 0 aromatic heterocycles. The van der Waals surface area contributed by atoms with Crippen LogP contribution in [0.2, 0.25) is 0 Å². The van der Waals surface area contributed by atoms with Crippen molar-refractivity contribution >= 4 is 11.9 Å². The topological polar surface area (TPSA) is 81.2 Å². The van der Waals surface area contributed by atoms with Crippen molar-refractivity contribution in [3.05, 3.63) is 29.8 Å². The lowest BCUT2D eigenvalue weighted by Crippen LogP contribution is -2.39. The number of aliphatic imine (C=N–C) groups is 1. The molecule has 0 aliphatic carbocycles. The monoisotopic (exact) mass is 351 g/mol. The molecule has 1 rings (SSSR count). The van der Waals surface area contributed by atoms with Crippen LogP contribution in [0.1, 0.15) is 25.3 Å². The summed E-state index contributed by atoms with van der Waals surface area (Å²) in [5.74, 6) is 1.23. The summed E-state index contributed by atoms with van der Waals surface area (Å²) in [6.07, 6.45) is 1.17. The summed E-state index contributed by atoms with van der Waals surface area (Å²) < 4.78 is 15.1. The van der Waals surface area contributed by atoms with Crippen LogP contribution in [0.3, 0.4) is 0 Å². The van der Waals surface area contributed by atoms with Gasteiger partial charge in [0, 0.05) is 26.3 Å². The highest BCUT2D eigenvalue weighted by Gasteiger charge is 2.03. The third kappa shape index (κ3) is 9.56. The van der Waals surface area contributed by atoms with Crippen LogP contribution in [0, 0.1) is 0 Å². The molecule has 2 N–H and O–H groups in total. The maximum absolute atomic E-state index is 11.2. The van der Waals surface area contributed by atoms with E-state index in [-0.39, 0.29) is 5.97 Å². The molecule has 1 aromatic rings. The molecule has 7 heteroatoms. The number of ether oxygens (including phenoxy) is 3. The standard InChI is InChI=1S/C18H29N3O4/c1-4-25-13-5-11-19-18(20-12-10-17(22)24-3)21-14-15-6-8-16(23-2)9-7-15/h6-9H,4-5,10-14H2,1-3H3,(H2,19,20,21).